The lowest BCUT2D eigenvalue weighted by Gasteiger charge is -2.13. The average molecular weight is 309 g/mol. The van der Waals surface area contributed by atoms with Crippen LogP contribution in [0.1, 0.15) is 0 Å². The topological polar surface area (TPSA) is 23.4 Å². The van der Waals surface area contributed by atoms with Crippen LogP contribution in [0.4, 0.5) is 0 Å². The van der Waals surface area contributed by atoms with E-state index in [-0.39, 0.29) is 0 Å². The molecule has 4 aromatic rings. The Balaban J connectivity index is 2.10. The highest BCUT2D eigenvalue weighted by molar-refractivity contribution is 7.18. The Kier molecular flexibility index (Phi) is 3.05. The number of aromatic nitrogens is 1. The lowest BCUT2D eigenvalue weighted by atomic mass is 10.2. The third-order valence-electron chi connectivity index (χ3n) is 3.90. The van der Waals surface area contributed by atoms with Crippen molar-refractivity contribution in [2.45, 2.75) is 0 Å². The molecule has 0 fully saturated rings. The Morgan fingerprint density at radius 3 is 2.59 bits per heavy atom. The predicted molar refractivity (Wildman–Crippen MR) is 91.8 cm³/mol. The summed E-state index contributed by atoms with van der Waals surface area (Å²) in [5, 5.41) is 3.40. The number of benzene rings is 2. The molecule has 0 radical (unpaired) electrons. The van der Waals surface area contributed by atoms with Gasteiger partial charge in [-0.05, 0) is 29.6 Å². The smallest absolute Gasteiger partial charge is 0.146 e. The van der Waals surface area contributed by atoms with E-state index in [1.165, 1.54) is 21.1 Å². The standard InChI is InChI=1S/C18H15NO2S/c1-20-12-7-8-15(17(11-12)21-2)19-14-6-4-3-5-13(14)18-16(19)9-10-22-18/h3-11H,1-2H3. The highest BCUT2D eigenvalue weighted by Gasteiger charge is 2.16. The number of hydrogen-bond donors (Lipinski definition) is 0. The van der Waals surface area contributed by atoms with Gasteiger partial charge in [0.05, 0.1) is 35.6 Å². The van der Waals surface area contributed by atoms with E-state index in [0.717, 1.165) is 17.2 Å². The fraction of sp³-hybridized carbons (Fsp3) is 0.111. The molecule has 22 heavy (non-hydrogen) atoms. The zero-order valence-corrected chi connectivity index (χ0v) is 13.2. The number of para-hydroxylation sites is 1. The molecule has 2 aromatic carbocycles. The molecule has 0 saturated heterocycles. The monoisotopic (exact) mass is 309 g/mol. The van der Waals surface area contributed by atoms with E-state index in [1.54, 1.807) is 25.6 Å². The van der Waals surface area contributed by atoms with Crippen LogP contribution in [0.15, 0.2) is 53.9 Å². The molecule has 0 unspecified atom stereocenters. The van der Waals surface area contributed by atoms with E-state index in [0.29, 0.717) is 0 Å². The van der Waals surface area contributed by atoms with Gasteiger partial charge < -0.3 is 14.0 Å². The van der Waals surface area contributed by atoms with Crippen LogP contribution in [0.2, 0.25) is 0 Å². The van der Waals surface area contributed by atoms with Crippen molar-refractivity contribution in [3.8, 4) is 17.2 Å². The van der Waals surface area contributed by atoms with Crippen LogP contribution in [-0.4, -0.2) is 18.8 Å². The minimum Gasteiger partial charge on any atom is -0.497 e. The van der Waals surface area contributed by atoms with E-state index in [9.17, 15) is 0 Å². The van der Waals surface area contributed by atoms with Gasteiger partial charge in [-0.25, -0.2) is 0 Å². The fourth-order valence-electron chi connectivity index (χ4n) is 2.90. The number of fused-ring (bicyclic) bond motifs is 3. The lowest BCUT2D eigenvalue weighted by Crippen LogP contribution is -1.98. The molecule has 4 heteroatoms. The summed E-state index contributed by atoms with van der Waals surface area (Å²) in [6.07, 6.45) is 0. The van der Waals surface area contributed by atoms with Crippen LogP contribution >= 0.6 is 11.3 Å². The predicted octanol–water partition coefficient (Wildman–Crippen LogP) is 4.86. The van der Waals surface area contributed by atoms with Gasteiger partial charge in [0.1, 0.15) is 11.5 Å². The summed E-state index contributed by atoms with van der Waals surface area (Å²) in [5.74, 6) is 1.59. The van der Waals surface area contributed by atoms with Crippen molar-refractivity contribution in [1.82, 2.24) is 4.57 Å². The van der Waals surface area contributed by atoms with Crippen LogP contribution in [0.25, 0.3) is 26.8 Å². The minimum atomic E-state index is 0.790. The van der Waals surface area contributed by atoms with Gasteiger partial charge in [-0.2, -0.15) is 0 Å². The first kappa shape index (κ1) is 13.2. The highest BCUT2D eigenvalue weighted by Crippen LogP contribution is 2.38. The molecular weight excluding hydrogens is 294 g/mol. The summed E-state index contributed by atoms with van der Waals surface area (Å²) >= 11 is 1.77. The third kappa shape index (κ3) is 1.81. The van der Waals surface area contributed by atoms with Gasteiger partial charge in [-0.3, -0.25) is 0 Å². The summed E-state index contributed by atoms with van der Waals surface area (Å²) in [7, 11) is 3.35. The SMILES string of the molecule is COc1ccc(-n2c3ccccc3c3sccc32)c(OC)c1. The van der Waals surface area contributed by atoms with Crippen molar-refractivity contribution in [2.24, 2.45) is 0 Å². The molecule has 0 aliphatic carbocycles. The van der Waals surface area contributed by atoms with Crippen molar-refractivity contribution >= 4 is 32.5 Å². The molecule has 0 atom stereocenters. The number of thiophene rings is 1. The van der Waals surface area contributed by atoms with Gasteiger partial charge in [0.2, 0.25) is 0 Å². The largest absolute Gasteiger partial charge is 0.497 e. The van der Waals surface area contributed by atoms with Crippen molar-refractivity contribution in [3.63, 3.8) is 0 Å². The molecular formula is C18H15NO2S. The van der Waals surface area contributed by atoms with Gasteiger partial charge in [0.25, 0.3) is 0 Å². The molecule has 2 heterocycles. The molecule has 0 aliphatic rings. The normalized spacial score (nSPS) is 11.2. The summed E-state index contributed by atoms with van der Waals surface area (Å²) in [6.45, 7) is 0. The Bertz CT molecular complexity index is 968. The van der Waals surface area contributed by atoms with Crippen molar-refractivity contribution in [1.29, 1.82) is 0 Å². The Morgan fingerprint density at radius 2 is 1.77 bits per heavy atom. The number of methoxy groups -OCH3 is 2. The second kappa shape index (κ2) is 5.07. The number of hydrogen-bond acceptors (Lipinski definition) is 3. The molecule has 0 N–H and O–H groups in total. The van der Waals surface area contributed by atoms with E-state index in [4.69, 9.17) is 9.47 Å². The summed E-state index contributed by atoms with van der Waals surface area (Å²) in [6, 6.07) is 16.5. The maximum absolute atomic E-state index is 5.59. The van der Waals surface area contributed by atoms with Crippen LogP contribution in [0.3, 0.4) is 0 Å². The van der Waals surface area contributed by atoms with Crippen molar-refractivity contribution in [2.75, 3.05) is 14.2 Å². The Labute approximate surface area is 132 Å². The maximum atomic E-state index is 5.59. The van der Waals surface area contributed by atoms with E-state index >= 15 is 0 Å². The van der Waals surface area contributed by atoms with Gasteiger partial charge in [-0.15, -0.1) is 11.3 Å². The molecule has 0 saturated carbocycles. The van der Waals surface area contributed by atoms with E-state index < -0.39 is 0 Å². The number of rotatable bonds is 3. The fourth-order valence-corrected chi connectivity index (χ4v) is 3.81. The zero-order chi connectivity index (χ0) is 15.1. The molecule has 3 nitrogen and oxygen atoms in total. The maximum Gasteiger partial charge on any atom is 0.146 e. The third-order valence-corrected chi connectivity index (χ3v) is 4.84. The first-order chi connectivity index (χ1) is 10.8. The van der Waals surface area contributed by atoms with E-state index in [1.807, 2.05) is 18.2 Å². The second-order valence-corrected chi connectivity index (χ2v) is 5.94. The average Bonchev–Trinajstić information content (AvgIpc) is 3.15. The number of ether oxygens (including phenoxy) is 2. The highest BCUT2D eigenvalue weighted by atomic mass is 32.1. The Hall–Kier alpha value is -2.46. The molecule has 0 aliphatic heterocycles. The molecule has 4 rings (SSSR count). The molecule has 2 aromatic heterocycles. The zero-order valence-electron chi connectivity index (χ0n) is 12.4. The van der Waals surface area contributed by atoms with E-state index in [2.05, 4.69) is 40.3 Å². The summed E-state index contributed by atoms with van der Waals surface area (Å²) < 4.78 is 14.4. The van der Waals surface area contributed by atoms with Crippen LogP contribution in [0, 0.1) is 0 Å². The summed E-state index contributed by atoms with van der Waals surface area (Å²) in [4.78, 5) is 0. The Morgan fingerprint density at radius 1 is 0.909 bits per heavy atom. The summed E-state index contributed by atoms with van der Waals surface area (Å²) in [5.41, 5.74) is 3.41. The van der Waals surface area contributed by atoms with Gasteiger partial charge in [0.15, 0.2) is 0 Å². The minimum absolute atomic E-state index is 0.790. The molecule has 110 valence electrons. The van der Waals surface area contributed by atoms with Gasteiger partial charge in [0, 0.05) is 11.5 Å². The second-order valence-electron chi connectivity index (χ2n) is 5.03. The molecule has 0 bridgehead atoms. The quantitative estimate of drug-likeness (QED) is 0.539. The molecule has 0 amide bonds. The first-order valence-corrected chi connectivity index (χ1v) is 7.90. The number of nitrogens with zero attached hydrogens (tertiary/aromatic N) is 1. The van der Waals surface area contributed by atoms with Crippen molar-refractivity contribution in [3.05, 3.63) is 53.9 Å². The van der Waals surface area contributed by atoms with Gasteiger partial charge in [-0.1, -0.05) is 18.2 Å². The van der Waals surface area contributed by atoms with Crippen LogP contribution in [-0.2, 0) is 0 Å². The molecule has 0 spiro atoms. The first-order valence-electron chi connectivity index (χ1n) is 7.02. The van der Waals surface area contributed by atoms with Gasteiger partial charge >= 0.3 is 0 Å². The van der Waals surface area contributed by atoms with Crippen LogP contribution in [0.5, 0.6) is 11.5 Å². The van der Waals surface area contributed by atoms with Crippen molar-refractivity contribution < 1.29 is 9.47 Å². The van der Waals surface area contributed by atoms with Crippen LogP contribution < -0.4 is 9.47 Å². The lowest BCUT2D eigenvalue weighted by molar-refractivity contribution is 0.393.